The minimum absolute atomic E-state index is 0.0393. The molecule has 0 bridgehead atoms. The van der Waals surface area contributed by atoms with E-state index in [1.165, 1.54) is 34.6 Å². The van der Waals surface area contributed by atoms with E-state index in [-0.39, 0.29) is 29.6 Å². The van der Waals surface area contributed by atoms with Gasteiger partial charge in [-0.3, -0.25) is 15.1 Å². The fourth-order valence-corrected chi connectivity index (χ4v) is 4.94. The van der Waals surface area contributed by atoms with Crippen molar-refractivity contribution in [3.63, 3.8) is 0 Å². The van der Waals surface area contributed by atoms with Crippen LogP contribution in [0.1, 0.15) is 68.5 Å². The summed E-state index contributed by atoms with van der Waals surface area (Å²) in [5.74, 6) is -0.753. The van der Waals surface area contributed by atoms with E-state index >= 15 is 0 Å². The second kappa shape index (κ2) is 14.3. The summed E-state index contributed by atoms with van der Waals surface area (Å²) in [6.07, 6.45) is 7.18. The summed E-state index contributed by atoms with van der Waals surface area (Å²) in [5.41, 5.74) is 2.20. The quantitative estimate of drug-likeness (QED) is 0.127. The molecule has 5 rings (SSSR count). The lowest BCUT2D eigenvalue weighted by molar-refractivity contribution is 0.0566. The summed E-state index contributed by atoms with van der Waals surface area (Å²) in [4.78, 5) is 32.2. The molecular formula is C32H36ClF2N9O3. The molecule has 3 N–H and O–H groups in total. The molecule has 0 aliphatic heterocycles. The van der Waals surface area contributed by atoms with E-state index in [9.17, 15) is 18.4 Å². The highest BCUT2D eigenvalue weighted by molar-refractivity contribution is 6.32. The summed E-state index contributed by atoms with van der Waals surface area (Å²) in [5, 5.41) is 23.2. The Morgan fingerprint density at radius 2 is 1.87 bits per heavy atom. The van der Waals surface area contributed by atoms with E-state index in [4.69, 9.17) is 21.7 Å². The SMILES string of the molecule is CC(C)(C)CCNC(=N)N(C(=O)c1ccc(-c2cnn(C(F)F)c2)cc1)[C@H](COC(=O)NC1CC1)c1ccc(Cl)c(-n2cncn2)c1. The highest BCUT2D eigenvalue weighted by atomic mass is 35.5. The number of alkyl carbamates (subject to hydrolysis) is 1. The van der Waals surface area contributed by atoms with E-state index in [2.05, 4.69) is 46.6 Å². The summed E-state index contributed by atoms with van der Waals surface area (Å²) in [6, 6.07) is 10.5. The van der Waals surface area contributed by atoms with Crippen molar-refractivity contribution in [2.45, 2.75) is 58.7 Å². The number of amides is 2. The van der Waals surface area contributed by atoms with E-state index in [1.54, 1.807) is 42.5 Å². The molecular weight excluding hydrogens is 632 g/mol. The molecule has 1 atom stereocenters. The molecule has 0 spiro atoms. The Morgan fingerprint density at radius 1 is 1.13 bits per heavy atom. The smallest absolute Gasteiger partial charge is 0.407 e. The Labute approximate surface area is 275 Å². The largest absolute Gasteiger partial charge is 0.447 e. The molecule has 2 aromatic carbocycles. The number of aromatic nitrogens is 5. The number of nitrogens with zero attached hydrogens (tertiary/aromatic N) is 6. The van der Waals surface area contributed by atoms with Gasteiger partial charge in [0.1, 0.15) is 19.3 Å². The third kappa shape index (κ3) is 8.70. The van der Waals surface area contributed by atoms with Gasteiger partial charge in [-0.15, -0.1) is 0 Å². The van der Waals surface area contributed by atoms with Gasteiger partial charge in [-0.25, -0.2) is 19.1 Å². The number of alkyl halides is 2. The molecule has 0 radical (unpaired) electrons. The third-order valence-corrected chi connectivity index (χ3v) is 7.82. The molecule has 2 amide bonds. The fraction of sp³-hybridized carbons (Fsp3) is 0.375. The molecule has 1 aliphatic rings. The minimum Gasteiger partial charge on any atom is -0.447 e. The number of halogens is 3. The van der Waals surface area contributed by atoms with Crippen molar-refractivity contribution in [3.8, 4) is 16.8 Å². The lowest BCUT2D eigenvalue weighted by Crippen LogP contribution is -2.48. The Balaban J connectivity index is 1.51. The van der Waals surface area contributed by atoms with Crippen LogP contribution in [0.2, 0.25) is 5.02 Å². The van der Waals surface area contributed by atoms with Crippen LogP contribution in [0.3, 0.4) is 0 Å². The van der Waals surface area contributed by atoms with Crippen molar-refractivity contribution in [1.82, 2.24) is 40.1 Å². The molecule has 0 saturated heterocycles. The number of guanidine groups is 1. The van der Waals surface area contributed by atoms with Gasteiger partial charge in [0.2, 0.25) is 0 Å². The van der Waals surface area contributed by atoms with Crippen molar-refractivity contribution in [3.05, 3.63) is 83.7 Å². The summed E-state index contributed by atoms with van der Waals surface area (Å²) in [6.45, 7) is 3.56. The fourth-order valence-electron chi connectivity index (χ4n) is 4.73. The van der Waals surface area contributed by atoms with Gasteiger partial charge in [-0.05, 0) is 60.1 Å². The zero-order chi connectivity index (χ0) is 33.7. The molecule has 1 fully saturated rings. The van der Waals surface area contributed by atoms with Gasteiger partial charge in [-0.2, -0.15) is 19.0 Å². The molecule has 12 nitrogen and oxygen atoms in total. The summed E-state index contributed by atoms with van der Waals surface area (Å²) >= 11 is 6.51. The van der Waals surface area contributed by atoms with E-state index in [0.29, 0.717) is 45.0 Å². The second-order valence-electron chi connectivity index (χ2n) is 12.4. The third-order valence-electron chi connectivity index (χ3n) is 7.50. The number of carbonyl (C=O) groups excluding carboxylic acids is 2. The van der Waals surface area contributed by atoms with Crippen LogP contribution in [0, 0.1) is 10.8 Å². The first-order chi connectivity index (χ1) is 22.4. The average Bonchev–Trinajstić information content (AvgIpc) is 3.45. The van der Waals surface area contributed by atoms with Gasteiger partial charge < -0.3 is 15.4 Å². The number of benzene rings is 2. The highest BCUT2D eigenvalue weighted by Crippen LogP contribution is 2.30. The van der Waals surface area contributed by atoms with Crippen LogP contribution in [0.25, 0.3) is 16.8 Å². The first-order valence-electron chi connectivity index (χ1n) is 15.1. The molecule has 1 aliphatic carbocycles. The number of rotatable bonds is 11. The van der Waals surface area contributed by atoms with E-state index in [1.807, 2.05) is 0 Å². The van der Waals surface area contributed by atoms with Gasteiger partial charge in [0, 0.05) is 29.9 Å². The molecule has 4 aromatic rings. The molecule has 15 heteroatoms. The predicted molar refractivity (Wildman–Crippen MR) is 172 cm³/mol. The van der Waals surface area contributed by atoms with Crippen molar-refractivity contribution in [2.24, 2.45) is 5.41 Å². The van der Waals surface area contributed by atoms with Gasteiger partial charge in [0.15, 0.2) is 5.96 Å². The zero-order valence-corrected chi connectivity index (χ0v) is 26.9. The molecule has 2 aromatic heterocycles. The Bertz CT molecular complexity index is 1700. The maximum atomic E-state index is 14.3. The molecule has 248 valence electrons. The molecule has 1 saturated carbocycles. The predicted octanol–water partition coefficient (Wildman–Crippen LogP) is 6.21. The number of carbonyl (C=O) groups is 2. The highest BCUT2D eigenvalue weighted by Gasteiger charge is 2.33. The number of ether oxygens (including phenoxy) is 1. The van der Waals surface area contributed by atoms with Crippen LogP contribution < -0.4 is 10.6 Å². The van der Waals surface area contributed by atoms with Crippen LogP contribution in [0.5, 0.6) is 0 Å². The monoisotopic (exact) mass is 667 g/mol. The lowest BCUT2D eigenvalue weighted by atomic mass is 9.92. The Morgan fingerprint density at radius 3 is 2.49 bits per heavy atom. The standard InChI is InChI=1S/C32H36ClF2N9O3/c1-32(2,3)12-13-38-30(36)44(28(45)21-6-4-20(5-7-21)23-15-39-42(16-23)29(34)35)27(17-47-31(46)41-24-9-10-24)22-8-11-25(33)26(14-22)43-19-37-18-40-43/h4-8,11,14-16,18-19,24,27,29H,9-10,12-13,17H2,1-3H3,(H2,36,38)(H,41,46)/t27-/m1/s1. The maximum Gasteiger partial charge on any atom is 0.407 e. The van der Waals surface area contributed by atoms with Gasteiger partial charge in [0.25, 0.3) is 5.91 Å². The van der Waals surface area contributed by atoms with Crippen molar-refractivity contribution >= 4 is 29.6 Å². The van der Waals surface area contributed by atoms with Crippen molar-refractivity contribution in [2.75, 3.05) is 13.2 Å². The Hall–Kier alpha value is -4.85. The van der Waals surface area contributed by atoms with E-state index < -0.39 is 24.6 Å². The van der Waals surface area contributed by atoms with Crippen LogP contribution >= 0.6 is 11.6 Å². The molecule has 2 heterocycles. The van der Waals surface area contributed by atoms with Crippen molar-refractivity contribution < 1.29 is 23.1 Å². The van der Waals surface area contributed by atoms with Gasteiger partial charge in [-0.1, -0.05) is 50.6 Å². The topological polar surface area (TPSA) is 143 Å². The van der Waals surface area contributed by atoms with Crippen LogP contribution in [0.4, 0.5) is 13.6 Å². The van der Waals surface area contributed by atoms with Crippen LogP contribution in [-0.4, -0.2) is 66.6 Å². The molecule has 0 unspecified atom stereocenters. The van der Waals surface area contributed by atoms with Gasteiger partial charge >= 0.3 is 12.6 Å². The zero-order valence-electron chi connectivity index (χ0n) is 26.2. The Kier molecular flexibility index (Phi) is 10.2. The summed E-state index contributed by atoms with van der Waals surface area (Å²) < 4.78 is 33.8. The van der Waals surface area contributed by atoms with Crippen molar-refractivity contribution in [1.29, 1.82) is 5.41 Å². The summed E-state index contributed by atoms with van der Waals surface area (Å²) in [7, 11) is 0. The normalized spacial score (nSPS) is 13.7. The van der Waals surface area contributed by atoms with Gasteiger partial charge in [0.05, 0.1) is 22.9 Å². The molecule has 47 heavy (non-hydrogen) atoms. The van der Waals surface area contributed by atoms with Crippen LogP contribution in [-0.2, 0) is 4.74 Å². The lowest BCUT2D eigenvalue weighted by Gasteiger charge is -2.33. The number of nitrogens with one attached hydrogen (secondary N) is 3. The second-order valence-corrected chi connectivity index (χ2v) is 12.8. The van der Waals surface area contributed by atoms with Crippen LogP contribution in [0.15, 0.2) is 67.5 Å². The number of hydrogen-bond acceptors (Lipinski definition) is 7. The first kappa shape index (κ1) is 33.5. The van der Waals surface area contributed by atoms with E-state index in [0.717, 1.165) is 12.8 Å². The maximum absolute atomic E-state index is 14.3. The average molecular weight is 668 g/mol. The number of hydrogen-bond donors (Lipinski definition) is 3. The minimum atomic E-state index is -2.78. The first-order valence-corrected chi connectivity index (χ1v) is 15.4.